The van der Waals surface area contributed by atoms with Gasteiger partial charge in [-0.1, -0.05) is 0 Å². The summed E-state index contributed by atoms with van der Waals surface area (Å²) in [5, 5.41) is 3.94. The van der Waals surface area contributed by atoms with Crippen LogP contribution in [0.2, 0.25) is 0 Å². The van der Waals surface area contributed by atoms with E-state index < -0.39 is 0 Å². The van der Waals surface area contributed by atoms with Crippen molar-refractivity contribution >= 4 is 11.8 Å². The highest BCUT2D eigenvalue weighted by Gasteiger charge is 2.16. The first-order chi connectivity index (χ1) is 5.97. The maximum atomic E-state index is 5.38. The van der Waals surface area contributed by atoms with Gasteiger partial charge in [-0.15, -0.1) is 11.8 Å². The van der Waals surface area contributed by atoms with E-state index in [2.05, 4.69) is 11.4 Å². The number of furan rings is 1. The van der Waals surface area contributed by atoms with Gasteiger partial charge in [-0.3, -0.25) is 0 Å². The van der Waals surface area contributed by atoms with E-state index >= 15 is 0 Å². The van der Waals surface area contributed by atoms with Crippen molar-refractivity contribution in [3.05, 3.63) is 24.2 Å². The molecule has 3 heteroatoms. The van der Waals surface area contributed by atoms with Crippen molar-refractivity contribution in [3.8, 4) is 0 Å². The van der Waals surface area contributed by atoms with Gasteiger partial charge in [0.1, 0.15) is 5.76 Å². The molecular formula is C9H13NOS. The molecule has 66 valence electrons. The molecule has 1 atom stereocenters. The third-order valence-electron chi connectivity index (χ3n) is 2.04. The Balaban J connectivity index is 2.02. The number of hydrogen-bond acceptors (Lipinski definition) is 3. The van der Waals surface area contributed by atoms with Gasteiger partial charge in [0.15, 0.2) is 0 Å². The second kappa shape index (κ2) is 4.01. The molecule has 0 unspecified atom stereocenters. The Hall–Kier alpha value is -0.410. The fraction of sp³-hybridized carbons (Fsp3) is 0.556. The third kappa shape index (κ3) is 1.84. The van der Waals surface area contributed by atoms with Crippen LogP contribution in [0.3, 0.4) is 0 Å². The number of thioether (sulfide) groups is 1. The summed E-state index contributed by atoms with van der Waals surface area (Å²) in [4.78, 5) is 0. The van der Waals surface area contributed by atoms with E-state index in [-0.39, 0.29) is 0 Å². The summed E-state index contributed by atoms with van der Waals surface area (Å²) in [6.07, 6.45) is 2.94. The molecule has 1 aliphatic rings. The number of hydrogen-bond donors (Lipinski definition) is 1. The normalized spacial score (nSPS) is 25.2. The molecule has 2 nitrogen and oxygen atoms in total. The second-order valence-corrected chi connectivity index (χ2v) is 4.22. The minimum atomic E-state index is 0.565. The summed E-state index contributed by atoms with van der Waals surface area (Å²) in [6, 6.07) is 4.04. The summed E-state index contributed by atoms with van der Waals surface area (Å²) in [5.41, 5.74) is 0. The van der Waals surface area contributed by atoms with Gasteiger partial charge < -0.3 is 9.73 Å². The lowest BCUT2D eigenvalue weighted by atomic mass is 10.2. The Bertz CT molecular complexity index is 214. The van der Waals surface area contributed by atoms with Crippen LogP contribution in [0.25, 0.3) is 0 Å². The van der Waals surface area contributed by atoms with Gasteiger partial charge in [-0.2, -0.15) is 0 Å². The van der Waals surface area contributed by atoms with Crippen LogP contribution in [0.5, 0.6) is 0 Å². The van der Waals surface area contributed by atoms with Crippen molar-refractivity contribution in [1.82, 2.24) is 5.32 Å². The summed E-state index contributed by atoms with van der Waals surface area (Å²) in [7, 11) is 0. The van der Waals surface area contributed by atoms with Gasteiger partial charge in [-0.25, -0.2) is 0 Å². The van der Waals surface area contributed by atoms with Gasteiger partial charge in [0, 0.05) is 12.3 Å². The molecule has 0 saturated carbocycles. The minimum absolute atomic E-state index is 0.565. The largest absolute Gasteiger partial charge is 0.468 e. The Morgan fingerprint density at radius 3 is 3.33 bits per heavy atom. The lowest BCUT2D eigenvalue weighted by molar-refractivity contribution is 0.495. The Morgan fingerprint density at radius 2 is 2.50 bits per heavy atom. The van der Waals surface area contributed by atoms with Gasteiger partial charge >= 0.3 is 0 Å². The zero-order valence-electron chi connectivity index (χ0n) is 6.95. The number of rotatable bonds is 1. The molecule has 1 N–H and O–H groups in total. The molecule has 0 aliphatic carbocycles. The molecule has 1 aromatic heterocycles. The highest BCUT2D eigenvalue weighted by Crippen LogP contribution is 2.32. The van der Waals surface area contributed by atoms with Gasteiger partial charge in [0.2, 0.25) is 0 Å². The van der Waals surface area contributed by atoms with Crippen molar-refractivity contribution < 1.29 is 4.42 Å². The topological polar surface area (TPSA) is 25.2 Å². The molecule has 1 aliphatic heterocycles. The first-order valence-electron chi connectivity index (χ1n) is 4.32. The monoisotopic (exact) mass is 183 g/mol. The standard InChI is InChI=1S/C9H13NOS/c1-2-8(11-6-1)9-3-4-10-5-7-12-9/h1-2,6,9-10H,3-5,7H2/t9-/m1/s1. The fourth-order valence-electron chi connectivity index (χ4n) is 1.41. The summed E-state index contributed by atoms with van der Waals surface area (Å²) >= 11 is 1.99. The molecule has 1 fully saturated rings. The number of nitrogens with one attached hydrogen (secondary N) is 1. The molecule has 1 saturated heterocycles. The van der Waals surface area contributed by atoms with Crippen LogP contribution in [0.15, 0.2) is 22.8 Å². The molecule has 12 heavy (non-hydrogen) atoms. The first kappa shape index (κ1) is 8.20. The summed E-state index contributed by atoms with van der Waals surface area (Å²) < 4.78 is 5.38. The molecule has 0 bridgehead atoms. The highest BCUT2D eigenvalue weighted by molar-refractivity contribution is 7.99. The van der Waals surface area contributed by atoms with Crippen LogP contribution in [0.1, 0.15) is 17.4 Å². The Kier molecular flexibility index (Phi) is 2.74. The van der Waals surface area contributed by atoms with E-state index in [4.69, 9.17) is 4.42 Å². The lowest BCUT2D eigenvalue weighted by Crippen LogP contribution is -2.15. The highest BCUT2D eigenvalue weighted by atomic mass is 32.2. The van der Waals surface area contributed by atoms with Gasteiger partial charge in [0.05, 0.1) is 11.5 Å². The van der Waals surface area contributed by atoms with Crippen molar-refractivity contribution in [2.45, 2.75) is 11.7 Å². The van der Waals surface area contributed by atoms with Crippen molar-refractivity contribution in [2.24, 2.45) is 0 Å². The average molecular weight is 183 g/mol. The molecule has 2 rings (SSSR count). The molecule has 1 aromatic rings. The van der Waals surface area contributed by atoms with E-state index in [1.54, 1.807) is 6.26 Å². The molecule has 0 amide bonds. The molecule has 0 aromatic carbocycles. The summed E-state index contributed by atoms with van der Waals surface area (Å²) in [5.74, 6) is 2.31. The van der Waals surface area contributed by atoms with E-state index in [0.29, 0.717) is 5.25 Å². The van der Waals surface area contributed by atoms with Crippen LogP contribution < -0.4 is 5.32 Å². The Morgan fingerprint density at radius 1 is 1.50 bits per heavy atom. The fourth-order valence-corrected chi connectivity index (χ4v) is 2.54. The van der Waals surface area contributed by atoms with Crippen molar-refractivity contribution in [1.29, 1.82) is 0 Å². The van der Waals surface area contributed by atoms with E-state index in [1.165, 1.54) is 12.2 Å². The van der Waals surface area contributed by atoms with Crippen LogP contribution in [0, 0.1) is 0 Å². The molecule has 0 spiro atoms. The van der Waals surface area contributed by atoms with Crippen LogP contribution >= 0.6 is 11.8 Å². The van der Waals surface area contributed by atoms with Crippen molar-refractivity contribution in [3.63, 3.8) is 0 Å². The average Bonchev–Trinajstić information content (AvgIpc) is 2.48. The molecule has 2 heterocycles. The van der Waals surface area contributed by atoms with E-state index in [1.807, 2.05) is 17.8 Å². The van der Waals surface area contributed by atoms with Crippen LogP contribution in [-0.2, 0) is 0 Å². The quantitative estimate of drug-likeness (QED) is 0.721. The van der Waals surface area contributed by atoms with Crippen LogP contribution in [-0.4, -0.2) is 18.8 Å². The maximum Gasteiger partial charge on any atom is 0.116 e. The third-order valence-corrected chi connectivity index (χ3v) is 3.35. The molecule has 0 radical (unpaired) electrons. The Labute approximate surface area is 76.7 Å². The predicted octanol–water partition coefficient (Wildman–Crippen LogP) is 2.05. The lowest BCUT2D eigenvalue weighted by Gasteiger charge is -2.08. The van der Waals surface area contributed by atoms with Crippen LogP contribution in [0.4, 0.5) is 0 Å². The van der Waals surface area contributed by atoms with E-state index in [0.717, 1.165) is 18.8 Å². The SMILES string of the molecule is c1coc([C@H]2CCNCCS2)c1. The smallest absolute Gasteiger partial charge is 0.116 e. The zero-order chi connectivity index (χ0) is 8.23. The maximum absolute atomic E-state index is 5.38. The zero-order valence-corrected chi connectivity index (χ0v) is 7.77. The summed E-state index contributed by atoms with van der Waals surface area (Å²) in [6.45, 7) is 2.24. The molecular weight excluding hydrogens is 170 g/mol. The van der Waals surface area contributed by atoms with E-state index in [9.17, 15) is 0 Å². The minimum Gasteiger partial charge on any atom is -0.468 e. The van der Waals surface area contributed by atoms with Crippen molar-refractivity contribution in [2.75, 3.05) is 18.8 Å². The predicted molar refractivity (Wildman–Crippen MR) is 51.4 cm³/mol. The second-order valence-electron chi connectivity index (χ2n) is 2.91. The van der Waals surface area contributed by atoms with Gasteiger partial charge in [-0.05, 0) is 25.1 Å². The first-order valence-corrected chi connectivity index (χ1v) is 5.37. The van der Waals surface area contributed by atoms with Gasteiger partial charge in [0.25, 0.3) is 0 Å².